The molecule has 1 atom stereocenters. The second-order valence-electron chi connectivity index (χ2n) is 3.76. The highest BCUT2D eigenvalue weighted by Gasteiger charge is 2.18. The number of nitrogens with one attached hydrogen (secondary N) is 1. The molecule has 0 aromatic heterocycles. The summed E-state index contributed by atoms with van der Waals surface area (Å²) in [5.41, 5.74) is 0.295. The van der Waals surface area contributed by atoms with Gasteiger partial charge in [-0.15, -0.1) is 0 Å². The zero-order chi connectivity index (χ0) is 8.20. The van der Waals surface area contributed by atoms with Gasteiger partial charge in [0, 0.05) is 6.54 Å². The Morgan fingerprint density at radius 1 is 1.50 bits per heavy atom. The first-order chi connectivity index (χ1) is 4.48. The van der Waals surface area contributed by atoms with Crippen molar-refractivity contribution in [3.8, 4) is 6.19 Å². The molecule has 0 aliphatic rings. The highest BCUT2D eigenvalue weighted by molar-refractivity contribution is 4.75. The minimum Gasteiger partial charge on any atom is -0.324 e. The third-order valence-electron chi connectivity index (χ3n) is 1.97. The molecule has 0 fully saturated rings. The Balaban J connectivity index is 3.65. The molecule has 2 nitrogen and oxygen atoms in total. The van der Waals surface area contributed by atoms with E-state index >= 15 is 0 Å². The summed E-state index contributed by atoms with van der Waals surface area (Å²) < 4.78 is 0. The van der Waals surface area contributed by atoms with Crippen LogP contribution in [-0.2, 0) is 0 Å². The Hall–Kier alpha value is -0.710. The van der Waals surface area contributed by atoms with E-state index in [-0.39, 0.29) is 0 Å². The fraction of sp³-hybridized carbons (Fsp3) is 0.875. The summed E-state index contributed by atoms with van der Waals surface area (Å²) in [5.74, 6) is 0.534. The van der Waals surface area contributed by atoms with Crippen LogP contribution >= 0.6 is 0 Å². The van der Waals surface area contributed by atoms with Gasteiger partial charge in [0.15, 0.2) is 6.19 Å². The Morgan fingerprint density at radius 3 is 2.30 bits per heavy atom. The molecule has 0 rings (SSSR count). The van der Waals surface area contributed by atoms with Gasteiger partial charge in [-0.05, 0) is 11.3 Å². The third-order valence-corrected chi connectivity index (χ3v) is 1.97. The van der Waals surface area contributed by atoms with Gasteiger partial charge in [-0.3, -0.25) is 0 Å². The van der Waals surface area contributed by atoms with Crippen molar-refractivity contribution in [3.63, 3.8) is 0 Å². The minimum absolute atomic E-state index is 0.295. The van der Waals surface area contributed by atoms with Gasteiger partial charge in [-0.2, -0.15) is 5.26 Å². The zero-order valence-electron chi connectivity index (χ0n) is 7.23. The van der Waals surface area contributed by atoms with Crippen LogP contribution in [0.4, 0.5) is 0 Å². The first kappa shape index (κ1) is 9.29. The van der Waals surface area contributed by atoms with Crippen molar-refractivity contribution < 1.29 is 0 Å². The van der Waals surface area contributed by atoms with Crippen LogP contribution in [0.5, 0.6) is 0 Å². The fourth-order valence-electron chi connectivity index (χ4n) is 0.505. The van der Waals surface area contributed by atoms with E-state index in [4.69, 9.17) is 5.26 Å². The third kappa shape index (κ3) is 3.34. The lowest BCUT2D eigenvalue weighted by atomic mass is 9.82. The second kappa shape index (κ2) is 3.46. The summed E-state index contributed by atoms with van der Waals surface area (Å²) in [5, 5.41) is 10.9. The first-order valence-electron chi connectivity index (χ1n) is 3.60. The van der Waals surface area contributed by atoms with Gasteiger partial charge in [0.1, 0.15) is 0 Å². The molecule has 2 heteroatoms. The Morgan fingerprint density at radius 2 is 2.00 bits per heavy atom. The van der Waals surface area contributed by atoms with Crippen molar-refractivity contribution >= 4 is 0 Å². The van der Waals surface area contributed by atoms with E-state index in [1.807, 2.05) is 6.19 Å². The second-order valence-corrected chi connectivity index (χ2v) is 3.76. The quantitative estimate of drug-likeness (QED) is 0.468. The van der Waals surface area contributed by atoms with E-state index in [0.717, 1.165) is 6.54 Å². The SMILES string of the molecule is CC(CNC#N)C(C)(C)C. The van der Waals surface area contributed by atoms with Crippen LogP contribution in [-0.4, -0.2) is 6.54 Å². The predicted molar refractivity (Wildman–Crippen MR) is 42.2 cm³/mol. The Bertz CT molecular complexity index is 127. The molecule has 1 N–H and O–H groups in total. The average molecular weight is 140 g/mol. The molecule has 10 heavy (non-hydrogen) atoms. The number of hydrogen-bond donors (Lipinski definition) is 1. The largest absolute Gasteiger partial charge is 0.324 e. The molecule has 0 spiro atoms. The molecule has 0 radical (unpaired) electrons. The molecule has 0 aromatic carbocycles. The van der Waals surface area contributed by atoms with Crippen LogP contribution in [0.15, 0.2) is 0 Å². The molecule has 0 heterocycles. The number of nitriles is 1. The smallest absolute Gasteiger partial charge is 0.176 e. The van der Waals surface area contributed by atoms with E-state index in [0.29, 0.717) is 11.3 Å². The molecule has 1 unspecified atom stereocenters. The average Bonchev–Trinajstić information content (AvgIpc) is 1.80. The minimum atomic E-state index is 0.295. The summed E-state index contributed by atoms with van der Waals surface area (Å²) in [7, 11) is 0. The lowest BCUT2D eigenvalue weighted by molar-refractivity contribution is 0.261. The van der Waals surface area contributed by atoms with Crippen molar-refractivity contribution in [1.82, 2.24) is 5.32 Å². The van der Waals surface area contributed by atoms with Gasteiger partial charge >= 0.3 is 0 Å². The zero-order valence-corrected chi connectivity index (χ0v) is 7.23. The summed E-state index contributed by atoms with van der Waals surface area (Å²) in [6, 6.07) is 0. The van der Waals surface area contributed by atoms with Crippen LogP contribution in [0.2, 0.25) is 0 Å². The van der Waals surface area contributed by atoms with E-state index < -0.39 is 0 Å². The van der Waals surface area contributed by atoms with Crippen LogP contribution in [0.1, 0.15) is 27.7 Å². The molecule has 0 bridgehead atoms. The van der Waals surface area contributed by atoms with Crippen molar-refractivity contribution in [3.05, 3.63) is 0 Å². The maximum atomic E-state index is 8.22. The maximum absolute atomic E-state index is 8.22. The normalized spacial score (nSPS) is 13.9. The molecule has 58 valence electrons. The van der Waals surface area contributed by atoms with Gasteiger partial charge in [-0.25, -0.2) is 0 Å². The van der Waals surface area contributed by atoms with Crippen molar-refractivity contribution in [2.45, 2.75) is 27.7 Å². The molecular weight excluding hydrogens is 124 g/mol. The lowest BCUT2D eigenvalue weighted by Gasteiger charge is -2.26. The summed E-state index contributed by atoms with van der Waals surface area (Å²) >= 11 is 0. The number of nitrogens with zero attached hydrogens (tertiary/aromatic N) is 1. The van der Waals surface area contributed by atoms with Crippen LogP contribution in [0.3, 0.4) is 0 Å². The van der Waals surface area contributed by atoms with E-state index in [1.165, 1.54) is 0 Å². The Labute approximate surface area is 63.2 Å². The van der Waals surface area contributed by atoms with Gasteiger partial charge in [-0.1, -0.05) is 27.7 Å². The van der Waals surface area contributed by atoms with Gasteiger partial charge in [0.2, 0.25) is 0 Å². The van der Waals surface area contributed by atoms with E-state index in [1.54, 1.807) is 0 Å². The molecule has 0 aliphatic carbocycles. The Kier molecular flexibility index (Phi) is 3.21. The molecule has 0 aromatic rings. The van der Waals surface area contributed by atoms with Gasteiger partial charge in [0.05, 0.1) is 0 Å². The highest BCUT2D eigenvalue weighted by atomic mass is 14.9. The highest BCUT2D eigenvalue weighted by Crippen LogP contribution is 2.24. The van der Waals surface area contributed by atoms with E-state index in [9.17, 15) is 0 Å². The summed E-state index contributed by atoms with van der Waals surface area (Å²) in [4.78, 5) is 0. The topological polar surface area (TPSA) is 35.8 Å². The fourth-order valence-corrected chi connectivity index (χ4v) is 0.505. The van der Waals surface area contributed by atoms with Crippen LogP contribution in [0, 0.1) is 22.8 Å². The molecule has 0 aliphatic heterocycles. The molecule has 0 saturated carbocycles. The van der Waals surface area contributed by atoms with Crippen LogP contribution in [0.25, 0.3) is 0 Å². The van der Waals surface area contributed by atoms with Gasteiger partial charge < -0.3 is 5.32 Å². The predicted octanol–water partition coefficient (Wildman–Crippen LogP) is 1.74. The van der Waals surface area contributed by atoms with E-state index in [2.05, 4.69) is 33.0 Å². The molecular formula is C8H16N2. The van der Waals surface area contributed by atoms with Crippen LogP contribution < -0.4 is 5.32 Å². The molecule has 0 amide bonds. The van der Waals surface area contributed by atoms with Crippen molar-refractivity contribution in [2.75, 3.05) is 6.54 Å². The monoisotopic (exact) mass is 140 g/mol. The summed E-state index contributed by atoms with van der Waals surface area (Å²) in [6.07, 6.45) is 1.92. The number of rotatable bonds is 2. The summed E-state index contributed by atoms with van der Waals surface area (Å²) in [6.45, 7) is 9.45. The van der Waals surface area contributed by atoms with Gasteiger partial charge in [0.25, 0.3) is 0 Å². The maximum Gasteiger partial charge on any atom is 0.176 e. The number of hydrogen-bond acceptors (Lipinski definition) is 2. The molecule has 0 saturated heterocycles. The van der Waals surface area contributed by atoms with Crippen molar-refractivity contribution in [1.29, 1.82) is 5.26 Å². The standard InChI is InChI=1S/C8H16N2/c1-7(5-10-6-9)8(2,3)4/h7,10H,5H2,1-4H3. The lowest BCUT2D eigenvalue weighted by Crippen LogP contribution is -2.27. The first-order valence-corrected chi connectivity index (χ1v) is 3.60. The van der Waals surface area contributed by atoms with Crippen molar-refractivity contribution in [2.24, 2.45) is 11.3 Å².